The van der Waals surface area contributed by atoms with E-state index < -0.39 is 0 Å². The van der Waals surface area contributed by atoms with Crippen molar-refractivity contribution >= 4 is 43.6 Å². The first-order valence-electron chi connectivity index (χ1n) is 18.3. The third kappa shape index (κ3) is 5.02. The van der Waals surface area contributed by atoms with E-state index in [9.17, 15) is 5.26 Å². The Morgan fingerprint density at radius 2 is 0.852 bits per heavy atom. The molecule has 0 saturated heterocycles. The lowest BCUT2D eigenvalue weighted by molar-refractivity contribution is 1.09. The molecule has 0 saturated carbocycles. The second-order valence-corrected chi connectivity index (χ2v) is 14.0. The molecule has 3 heterocycles. The minimum Gasteiger partial charge on any atom is -0.307 e. The number of aromatic nitrogens is 3. The van der Waals surface area contributed by atoms with Gasteiger partial charge in [0, 0.05) is 38.5 Å². The number of benzene rings is 7. The first kappa shape index (κ1) is 31.5. The van der Waals surface area contributed by atoms with E-state index in [0.29, 0.717) is 5.56 Å². The quantitative estimate of drug-likeness (QED) is 0.180. The van der Waals surface area contributed by atoms with Gasteiger partial charge in [-0.3, -0.25) is 4.98 Å². The molecule has 10 rings (SSSR count). The Hall–Kier alpha value is -7.22. The Bertz CT molecular complexity index is 3100. The number of para-hydroxylation sites is 2. The number of fused-ring (bicyclic) bond motifs is 6. The molecule has 54 heavy (non-hydrogen) atoms. The van der Waals surface area contributed by atoms with Crippen molar-refractivity contribution in [1.29, 1.82) is 5.26 Å². The topological polar surface area (TPSA) is 46.5 Å². The monoisotopic (exact) mass is 690 g/mol. The van der Waals surface area contributed by atoms with E-state index in [2.05, 4.69) is 190 Å². The van der Waals surface area contributed by atoms with Crippen LogP contribution in [0, 0.1) is 25.2 Å². The van der Waals surface area contributed by atoms with E-state index >= 15 is 0 Å². The molecule has 4 nitrogen and oxygen atoms in total. The summed E-state index contributed by atoms with van der Waals surface area (Å²) < 4.78 is 4.77. The smallest absolute Gasteiger partial charge is 0.0998 e. The van der Waals surface area contributed by atoms with Crippen LogP contribution < -0.4 is 0 Å². The summed E-state index contributed by atoms with van der Waals surface area (Å²) in [6.45, 7) is 4.02. The average Bonchev–Trinajstić information content (AvgIpc) is 3.72. The van der Waals surface area contributed by atoms with Crippen molar-refractivity contribution < 1.29 is 0 Å². The van der Waals surface area contributed by atoms with E-state index in [1.54, 1.807) is 0 Å². The van der Waals surface area contributed by atoms with Gasteiger partial charge in [-0.2, -0.15) is 5.26 Å². The summed E-state index contributed by atoms with van der Waals surface area (Å²) in [6, 6.07) is 63.0. The maximum atomic E-state index is 10.9. The van der Waals surface area contributed by atoms with E-state index in [1.165, 1.54) is 10.8 Å². The van der Waals surface area contributed by atoms with Gasteiger partial charge in [0.15, 0.2) is 0 Å². The van der Waals surface area contributed by atoms with Gasteiger partial charge in [0.25, 0.3) is 0 Å². The maximum Gasteiger partial charge on any atom is 0.0998 e. The molecule has 0 atom stereocenters. The molecule has 0 radical (unpaired) electrons. The highest BCUT2D eigenvalue weighted by Crippen LogP contribution is 2.42. The number of aryl methyl sites for hydroxylation is 2. The van der Waals surface area contributed by atoms with Crippen molar-refractivity contribution in [1.82, 2.24) is 14.1 Å². The highest BCUT2D eigenvalue weighted by atomic mass is 15.1. The first-order valence-corrected chi connectivity index (χ1v) is 18.3. The standard InChI is InChI=1S/C50H34N4/c1-32-25-38(26-33(2)52-32)44-30-50(54-46-20-12-10-18-41(46)43-24-22-37(28-48(43)54)35-15-7-4-8-16-35)49(29-39(44)31-51)53-45-19-11-9-17-40(45)42-23-21-36(27-47(42)53)34-13-5-3-6-14-34/h3-30H,1-2H3. The molecule has 0 bridgehead atoms. The number of hydrogen-bond acceptors (Lipinski definition) is 2. The minimum atomic E-state index is 0.606. The van der Waals surface area contributed by atoms with Crippen molar-refractivity contribution in [3.63, 3.8) is 0 Å². The molecule has 10 aromatic rings. The van der Waals surface area contributed by atoms with Crippen LogP contribution >= 0.6 is 0 Å². The lowest BCUT2D eigenvalue weighted by atomic mass is 9.97. The summed E-state index contributed by atoms with van der Waals surface area (Å²) in [5, 5.41) is 15.6. The normalized spacial score (nSPS) is 11.5. The van der Waals surface area contributed by atoms with Crippen LogP contribution in [0.2, 0.25) is 0 Å². The zero-order valence-corrected chi connectivity index (χ0v) is 30.0. The van der Waals surface area contributed by atoms with Gasteiger partial charge in [0.2, 0.25) is 0 Å². The molecule has 0 aliphatic carbocycles. The third-order valence-electron chi connectivity index (χ3n) is 10.7. The largest absolute Gasteiger partial charge is 0.307 e. The third-order valence-corrected chi connectivity index (χ3v) is 10.7. The lowest BCUT2D eigenvalue weighted by Crippen LogP contribution is -2.06. The predicted molar refractivity (Wildman–Crippen MR) is 223 cm³/mol. The molecule has 0 fully saturated rings. The van der Waals surface area contributed by atoms with Crippen LogP contribution in [-0.4, -0.2) is 14.1 Å². The number of hydrogen-bond donors (Lipinski definition) is 0. The van der Waals surface area contributed by atoms with E-state index in [-0.39, 0.29) is 0 Å². The fourth-order valence-electron chi connectivity index (χ4n) is 8.34. The summed E-state index contributed by atoms with van der Waals surface area (Å²) >= 11 is 0. The highest BCUT2D eigenvalue weighted by Gasteiger charge is 2.23. The maximum absolute atomic E-state index is 10.9. The molecule has 3 aromatic heterocycles. The molecule has 254 valence electrons. The summed E-state index contributed by atoms with van der Waals surface area (Å²) in [5.41, 5.74) is 15.2. The Morgan fingerprint density at radius 1 is 0.407 bits per heavy atom. The molecular weight excluding hydrogens is 657 g/mol. The van der Waals surface area contributed by atoms with Gasteiger partial charge in [-0.05, 0) is 90.2 Å². The molecule has 0 aliphatic rings. The van der Waals surface area contributed by atoms with E-state index in [0.717, 1.165) is 89.0 Å². The highest BCUT2D eigenvalue weighted by molar-refractivity contribution is 6.12. The van der Waals surface area contributed by atoms with Crippen LogP contribution in [0.15, 0.2) is 170 Å². The van der Waals surface area contributed by atoms with Gasteiger partial charge in [-0.25, -0.2) is 0 Å². The van der Waals surface area contributed by atoms with Gasteiger partial charge in [-0.1, -0.05) is 121 Å². The summed E-state index contributed by atoms with van der Waals surface area (Å²) in [6.07, 6.45) is 0. The van der Waals surface area contributed by atoms with Gasteiger partial charge in [-0.15, -0.1) is 0 Å². The van der Waals surface area contributed by atoms with E-state index in [1.807, 2.05) is 13.8 Å². The zero-order chi connectivity index (χ0) is 36.3. The van der Waals surface area contributed by atoms with Crippen LogP contribution in [0.25, 0.3) is 88.4 Å². The van der Waals surface area contributed by atoms with Crippen LogP contribution in [0.3, 0.4) is 0 Å². The Kier molecular flexibility index (Phi) is 7.28. The second kappa shape index (κ2) is 12.5. The van der Waals surface area contributed by atoms with Crippen molar-refractivity contribution in [3.05, 3.63) is 187 Å². The molecule has 7 aromatic carbocycles. The van der Waals surface area contributed by atoms with Crippen molar-refractivity contribution in [2.45, 2.75) is 13.8 Å². The van der Waals surface area contributed by atoms with Crippen LogP contribution in [0.1, 0.15) is 17.0 Å². The van der Waals surface area contributed by atoms with Crippen molar-refractivity contribution in [2.24, 2.45) is 0 Å². The fraction of sp³-hybridized carbons (Fsp3) is 0.0400. The summed E-state index contributed by atoms with van der Waals surface area (Å²) in [4.78, 5) is 4.68. The molecular formula is C50H34N4. The van der Waals surface area contributed by atoms with Crippen LogP contribution in [-0.2, 0) is 0 Å². The van der Waals surface area contributed by atoms with Crippen LogP contribution in [0.5, 0.6) is 0 Å². The fourth-order valence-corrected chi connectivity index (χ4v) is 8.34. The minimum absolute atomic E-state index is 0.606. The lowest BCUT2D eigenvalue weighted by Gasteiger charge is -2.20. The first-order chi connectivity index (χ1) is 26.6. The SMILES string of the molecule is Cc1cc(-c2cc(-n3c4ccccc4c4ccc(-c5ccccc5)cc43)c(-n3c4ccccc4c4ccc(-c5ccccc5)cc43)cc2C#N)cc(C)n1. The Labute approximate surface area is 313 Å². The average molecular weight is 691 g/mol. The summed E-state index contributed by atoms with van der Waals surface area (Å²) in [7, 11) is 0. The predicted octanol–water partition coefficient (Wildman–Crippen LogP) is 12.8. The molecule has 0 aliphatic heterocycles. The Morgan fingerprint density at radius 3 is 1.35 bits per heavy atom. The van der Waals surface area contributed by atoms with Gasteiger partial charge in [0.05, 0.1) is 45.1 Å². The number of nitrogens with zero attached hydrogens (tertiary/aromatic N) is 4. The number of rotatable bonds is 5. The van der Waals surface area contributed by atoms with Crippen LogP contribution in [0.4, 0.5) is 0 Å². The number of pyridine rings is 1. The zero-order valence-electron chi connectivity index (χ0n) is 30.0. The number of nitriles is 1. The second-order valence-electron chi connectivity index (χ2n) is 14.0. The molecule has 0 unspecified atom stereocenters. The van der Waals surface area contributed by atoms with Crippen molar-refractivity contribution in [3.8, 4) is 50.8 Å². The molecule has 0 amide bonds. The van der Waals surface area contributed by atoms with Crippen molar-refractivity contribution in [2.75, 3.05) is 0 Å². The van der Waals surface area contributed by atoms with Gasteiger partial charge < -0.3 is 9.13 Å². The van der Waals surface area contributed by atoms with Gasteiger partial charge >= 0.3 is 0 Å². The van der Waals surface area contributed by atoms with E-state index in [4.69, 9.17) is 0 Å². The molecule has 4 heteroatoms. The molecule has 0 N–H and O–H groups in total. The summed E-state index contributed by atoms with van der Waals surface area (Å²) in [5.74, 6) is 0. The molecule has 0 spiro atoms. The Balaban J connectivity index is 1.37. The van der Waals surface area contributed by atoms with Gasteiger partial charge in [0.1, 0.15) is 0 Å².